The molecule has 2 heteroatoms. The molecule has 84 valence electrons. The Morgan fingerprint density at radius 3 is 2.41 bits per heavy atom. The van der Waals surface area contributed by atoms with Crippen LogP contribution in [0, 0.1) is 9.89 Å². The van der Waals surface area contributed by atoms with Crippen LogP contribution in [0.3, 0.4) is 0 Å². The Morgan fingerprint density at radius 1 is 0.941 bits per heavy atom. The second-order valence-electron chi connectivity index (χ2n) is 3.34. The Labute approximate surface area is 112 Å². The van der Waals surface area contributed by atoms with Gasteiger partial charge in [0.2, 0.25) is 0 Å². The van der Waals surface area contributed by atoms with E-state index >= 15 is 0 Å². The Hall–Kier alpha value is -1.41. The van der Waals surface area contributed by atoms with Crippen molar-refractivity contribution in [3.8, 4) is 15.6 Å². The average Bonchev–Trinajstić information content (AvgIpc) is 2.40. The summed E-state index contributed by atoms with van der Waals surface area (Å²) in [6.07, 6.45) is 0. The van der Waals surface area contributed by atoms with Crippen LogP contribution in [0.2, 0.25) is 0 Å². The number of benzene rings is 2. The summed E-state index contributed by atoms with van der Waals surface area (Å²) in [5.74, 6) is 4.04. The van der Waals surface area contributed by atoms with Crippen molar-refractivity contribution < 1.29 is 4.74 Å². The van der Waals surface area contributed by atoms with Crippen molar-refractivity contribution in [3.63, 3.8) is 0 Å². The van der Waals surface area contributed by atoms with Crippen LogP contribution in [0.4, 0.5) is 0 Å². The van der Waals surface area contributed by atoms with Crippen molar-refractivity contribution >= 4 is 24.5 Å². The van der Waals surface area contributed by atoms with Gasteiger partial charge in [-0.15, -0.1) is 0 Å². The van der Waals surface area contributed by atoms with E-state index in [9.17, 15) is 0 Å². The van der Waals surface area contributed by atoms with Crippen molar-refractivity contribution in [2.24, 2.45) is 0 Å². The van der Waals surface area contributed by atoms with Crippen molar-refractivity contribution in [1.29, 1.82) is 0 Å². The van der Waals surface area contributed by atoms with Gasteiger partial charge >= 0.3 is 112 Å². The van der Waals surface area contributed by atoms with Crippen LogP contribution in [0.1, 0.15) is 5.56 Å². The van der Waals surface area contributed by atoms with Crippen LogP contribution in [0.25, 0.3) is 0 Å². The van der Waals surface area contributed by atoms with Gasteiger partial charge in [-0.3, -0.25) is 0 Å². The van der Waals surface area contributed by atoms with Gasteiger partial charge in [0, 0.05) is 0 Å². The summed E-state index contributed by atoms with van der Waals surface area (Å²) in [5, 5.41) is 0. The fourth-order valence-electron chi connectivity index (χ4n) is 1.38. The predicted octanol–water partition coefficient (Wildman–Crippen LogP) is 2.03. The molecule has 0 aromatic heterocycles. The first-order valence-corrected chi connectivity index (χ1v) is 7.59. The first-order chi connectivity index (χ1) is 8.40. The zero-order chi connectivity index (χ0) is 11.9. The molecule has 0 amide bonds. The number of ether oxygens (including phenoxy) is 1. The number of methoxy groups -OCH3 is 1. The molecule has 0 radical (unpaired) electrons. The molecule has 0 aliphatic heterocycles. The quantitative estimate of drug-likeness (QED) is 0.603. The van der Waals surface area contributed by atoms with Crippen LogP contribution < -0.4 is 8.35 Å². The van der Waals surface area contributed by atoms with E-state index in [1.165, 1.54) is 3.61 Å². The van der Waals surface area contributed by atoms with E-state index in [1.807, 2.05) is 30.3 Å². The van der Waals surface area contributed by atoms with Crippen LogP contribution >= 0.6 is 0 Å². The number of hydrogen-bond acceptors (Lipinski definition) is 1. The minimum atomic E-state index is -0.415. The molecule has 2 aromatic rings. The summed E-state index contributed by atoms with van der Waals surface area (Å²) >= 11 is -0.415. The molecule has 0 heterocycles. The molecule has 17 heavy (non-hydrogen) atoms. The summed E-state index contributed by atoms with van der Waals surface area (Å²) in [6, 6.07) is 18.3. The Kier molecular flexibility index (Phi) is 4.51. The van der Waals surface area contributed by atoms with Crippen molar-refractivity contribution in [1.82, 2.24) is 0 Å². The summed E-state index contributed by atoms with van der Waals surface area (Å²) in [5.41, 5.74) is 0.969. The maximum atomic E-state index is 5.26. The van der Waals surface area contributed by atoms with Crippen LogP contribution in [0.15, 0.2) is 54.6 Å². The number of hydrogen-bond donors (Lipinski definition) is 0. The Bertz CT molecular complexity index is 538. The molecule has 2 rings (SSSR count). The van der Waals surface area contributed by atoms with Gasteiger partial charge in [0.25, 0.3) is 0 Å². The monoisotopic (exact) mass is 338 g/mol. The maximum absolute atomic E-state index is 5.26. The van der Waals surface area contributed by atoms with Crippen molar-refractivity contribution in [2.75, 3.05) is 7.11 Å². The topological polar surface area (TPSA) is 9.23 Å². The average molecular weight is 336 g/mol. The second kappa shape index (κ2) is 6.36. The normalized spacial score (nSPS) is 9.24. The molecule has 0 atom stereocenters. The van der Waals surface area contributed by atoms with Crippen LogP contribution in [0.5, 0.6) is 5.75 Å². The van der Waals surface area contributed by atoms with E-state index in [4.69, 9.17) is 4.74 Å². The molecular formula is C15H12OTe. The van der Waals surface area contributed by atoms with Gasteiger partial charge in [-0.25, -0.2) is 0 Å². The third-order valence-electron chi connectivity index (χ3n) is 2.20. The summed E-state index contributed by atoms with van der Waals surface area (Å²) in [6.45, 7) is 0. The fourth-order valence-corrected chi connectivity index (χ4v) is 3.01. The first-order valence-electron chi connectivity index (χ1n) is 5.26. The van der Waals surface area contributed by atoms with E-state index in [0.717, 1.165) is 11.3 Å². The van der Waals surface area contributed by atoms with Gasteiger partial charge in [-0.05, 0) is 0 Å². The molecule has 1 nitrogen and oxygen atoms in total. The molecule has 0 aliphatic rings. The Balaban J connectivity index is 2.11. The van der Waals surface area contributed by atoms with Gasteiger partial charge in [0.1, 0.15) is 0 Å². The van der Waals surface area contributed by atoms with E-state index in [2.05, 4.69) is 34.2 Å². The van der Waals surface area contributed by atoms with Gasteiger partial charge in [0.15, 0.2) is 0 Å². The summed E-state index contributed by atoms with van der Waals surface area (Å²) < 4.78 is 9.91. The van der Waals surface area contributed by atoms with E-state index in [-0.39, 0.29) is 0 Å². The zero-order valence-electron chi connectivity index (χ0n) is 9.51. The summed E-state index contributed by atoms with van der Waals surface area (Å²) in [7, 11) is 1.68. The predicted molar refractivity (Wildman–Crippen MR) is 71.7 cm³/mol. The molecule has 0 bridgehead atoms. The van der Waals surface area contributed by atoms with Crippen LogP contribution in [-0.2, 0) is 0 Å². The molecule has 2 aromatic carbocycles. The third kappa shape index (κ3) is 3.53. The van der Waals surface area contributed by atoms with E-state index < -0.39 is 20.9 Å². The number of rotatable bonds is 2. The van der Waals surface area contributed by atoms with Crippen molar-refractivity contribution in [2.45, 2.75) is 0 Å². The number of para-hydroxylation sites is 1. The van der Waals surface area contributed by atoms with Crippen molar-refractivity contribution in [3.05, 3.63) is 60.2 Å². The molecule has 0 fully saturated rings. The standard InChI is InChI=1S/C15H12OTe/c1-16-15-10-6-5-7-13(15)11-12-17-14-8-3-2-4-9-14/h2-10H,1H3. The molecular weight excluding hydrogens is 324 g/mol. The molecule has 0 N–H and O–H groups in total. The molecule has 0 saturated carbocycles. The molecule has 0 unspecified atom stereocenters. The van der Waals surface area contributed by atoms with E-state index in [0.29, 0.717) is 0 Å². The second-order valence-corrected chi connectivity index (χ2v) is 5.85. The first kappa shape index (κ1) is 12.1. The molecule has 0 saturated heterocycles. The fraction of sp³-hybridized carbons (Fsp3) is 0.0667. The van der Waals surface area contributed by atoms with Gasteiger partial charge in [-0.1, -0.05) is 0 Å². The SMILES string of the molecule is COc1ccccc1C#C[Te]c1ccccc1. The summed E-state index contributed by atoms with van der Waals surface area (Å²) in [4.78, 5) is 0. The van der Waals surface area contributed by atoms with E-state index in [1.54, 1.807) is 7.11 Å². The molecule has 0 spiro atoms. The van der Waals surface area contributed by atoms with Gasteiger partial charge < -0.3 is 0 Å². The third-order valence-corrected chi connectivity index (χ3v) is 4.24. The zero-order valence-corrected chi connectivity index (χ0v) is 11.8. The van der Waals surface area contributed by atoms with Crippen LogP contribution in [-0.4, -0.2) is 28.0 Å². The molecule has 0 aliphatic carbocycles. The van der Waals surface area contributed by atoms with Gasteiger partial charge in [0.05, 0.1) is 0 Å². The minimum absolute atomic E-state index is 0.415. The Morgan fingerprint density at radius 2 is 1.65 bits per heavy atom. The van der Waals surface area contributed by atoms with Gasteiger partial charge in [-0.2, -0.15) is 0 Å².